The van der Waals surface area contributed by atoms with Crippen LogP contribution in [0.5, 0.6) is 11.5 Å². The van der Waals surface area contributed by atoms with Gasteiger partial charge in [0, 0.05) is 10.6 Å². The predicted octanol–water partition coefficient (Wildman–Crippen LogP) is 4.94. The van der Waals surface area contributed by atoms with Crippen molar-refractivity contribution in [3.05, 3.63) is 60.9 Å². The Kier molecular flexibility index (Phi) is 4.71. The summed E-state index contributed by atoms with van der Waals surface area (Å²) in [7, 11) is 0. The second-order valence-electron chi connectivity index (χ2n) is 6.38. The van der Waals surface area contributed by atoms with Crippen molar-refractivity contribution < 1.29 is 9.47 Å². The van der Waals surface area contributed by atoms with Crippen LogP contribution in [-0.4, -0.2) is 28.3 Å². The van der Waals surface area contributed by atoms with Crippen molar-refractivity contribution >= 4 is 50.3 Å². The van der Waals surface area contributed by atoms with Crippen molar-refractivity contribution in [1.82, 2.24) is 9.97 Å². The molecule has 0 amide bonds. The molecule has 2 aromatic heterocycles. The molecule has 0 bridgehead atoms. The molecule has 0 spiro atoms. The fourth-order valence-corrected chi connectivity index (χ4v) is 4.33. The van der Waals surface area contributed by atoms with E-state index in [1.807, 2.05) is 48.5 Å². The van der Waals surface area contributed by atoms with Crippen LogP contribution < -0.4 is 20.1 Å². The lowest BCUT2D eigenvalue weighted by atomic mass is 10.1. The zero-order valence-electron chi connectivity index (χ0n) is 15.2. The Labute approximate surface area is 176 Å². The van der Waals surface area contributed by atoms with Gasteiger partial charge in [0.1, 0.15) is 12.1 Å². The predicted molar refractivity (Wildman–Crippen MR) is 120 cm³/mol. The summed E-state index contributed by atoms with van der Waals surface area (Å²) in [4.78, 5) is 10.6. The van der Waals surface area contributed by atoms with Crippen molar-refractivity contribution in [1.29, 1.82) is 0 Å². The Hall–Kier alpha value is -3.23. The number of hydrogen-bond donors (Lipinski definition) is 2. The largest absolute Gasteiger partial charge is 0.454 e. The monoisotopic (exact) mass is 420 g/mol. The minimum Gasteiger partial charge on any atom is -0.454 e. The molecule has 144 valence electrons. The maximum atomic E-state index is 5.49. The second-order valence-corrected chi connectivity index (χ2v) is 7.93. The molecule has 2 aromatic carbocycles. The Morgan fingerprint density at radius 1 is 1.03 bits per heavy atom. The van der Waals surface area contributed by atoms with Crippen LogP contribution in [0.2, 0.25) is 0 Å². The fraction of sp³-hybridized carbons (Fsp3) is 0.0952. The normalized spacial score (nSPS) is 12.1. The number of hydrogen-bond acceptors (Lipinski definition) is 7. The molecule has 0 unspecified atom stereocenters. The van der Waals surface area contributed by atoms with Gasteiger partial charge in [-0.2, -0.15) is 0 Å². The first-order chi connectivity index (χ1) is 14.3. The number of benzene rings is 2. The molecular formula is C21H16N4O2S2. The molecule has 0 aliphatic carbocycles. The third-order valence-corrected chi connectivity index (χ3v) is 5.87. The van der Waals surface area contributed by atoms with Crippen molar-refractivity contribution in [3.63, 3.8) is 0 Å². The second kappa shape index (κ2) is 7.65. The number of aromatic nitrogens is 2. The summed E-state index contributed by atoms with van der Waals surface area (Å²) < 4.78 is 11.9. The first-order valence-electron chi connectivity index (χ1n) is 8.99. The van der Waals surface area contributed by atoms with Crippen LogP contribution in [-0.2, 0) is 0 Å². The van der Waals surface area contributed by atoms with Crippen LogP contribution in [0.1, 0.15) is 0 Å². The molecule has 1 aliphatic heterocycles. The molecule has 0 saturated heterocycles. The highest BCUT2D eigenvalue weighted by Gasteiger charge is 2.16. The van der Waals surface area contributed by atoms with E-state index in [9.17, 15) is 0 Å². The van der Waals surface area contributed by atoms with E-state index in [0.29, 0.717) is 11.5 Å². The zero-order valence-corrected chi connectivity index (χ0v) is 16.8. The standard InChI is InChI=1S/C21H16N4O2S2/c28-19(25-14-4-2-1-3-5-14)10-22-21-20-15(23-11-24-21)9-18(29-20)13-6-7-16-17(8-13)27-12-26-16/h1-9,11H,10,12H2,(H,25,28)(H,22,23,24). The van der Waals surface area contributed by atoms with Crippen molar-refractivity contribution in [2.75, 3.05) is 24.0 Å². The summed E-state index contributed by atoms with van der Waals surface area (Å²) >= 11 is 7.08. The van der Waals surface area contributed by atoms with Crippen molar-refractivity contribution in [2.24, 2.45) is 0 Å². The molecule has 2 N–H and O–H groups in total. The van der Waals surface area contributed by atoms with Crippen LogP contribution in [0, 0.1) is 0 Å². The number of nitrogens with zero attached hydrogens (tertiary/aromatic N) is 2. The van der Waals surface area contributed by atoms with E-state index in [-0.39, 0.29) is 6.79 Å². The van der Waals surface area contributed by atoms with E-state index >= 15 is 0 Å². The third-order valence-electron chi connectivity index (χ3n) is 4.44. The number of anilines is 2. The average molecular weight is 421 g/mol. The summed E-state index contributed by atoms with van der Waals surface area (Å²) in [5.41, 5.74) is 2.92. The Bertz CT molecular complexity index is 1190. The molecule has 6 nitrogen and oxygen atoms in total. The van der Waals surface area contributed by atoms with Gasteiger partial charge in [-0.05, 0) is 42.0 Å². The van der Waals surface area contributed by atoms with E-state index < -0.39 is 0 Å². The van der Waals surface area contributed by atoms with Gasteiger partial charge in [-0.25, -0.2) is 9.97 Å². The highest BCUT2D eigenvalue weighted by atomic mass is 32.1. The van der Waals surface area contributed by atoms with Gasteiger partial charge in [-0.3, -0.25) is 0 Å². The van der Waals surface area contributed by atoms with Gasteiger partial charge in [-0.15, -0.1) is 11.3 Å². The minimum atomic E-state index is 0.266. The van der Waals surface area contributed by atoms with E-state index in [0.717, 1.165) is 43.7 Å². The molecule has 3 heterocycles. The van der Waals surface area contributed by atoms with Gasteiger partial charge >= 0.3 is 0 Å². The highest BCUT2D eigenvalue weighted by Crippen LogP contribution is 2.40. The molecule has 0 radical (unpaired) electrons. The first kappa shape index (κ1) is 17.8. The number of nitrogens with one attached hydrogen (secondary N) is 2. The summed E-state index contributed by atoms with van der Waals surface area (Å²) in [6, 6.07) is 17.9. The number of thiophene rings is 1. The maximum Gasteiger partial charge on any atom is 0.231 e. The maximum absolute atomic E-state index is 5.49. The zero-order chi connectivity index (χ0) is 19.6. The molecule has 0 fully saturated rings. The SMILES string of the molecule is S=C(CNc1ncnc2cc(-c3ccc4c(c3)OCO4)sc12)Nc1ccccc1. The molecule has 0 atom stereocenters. The van der Waals surface area contributed by atoms with E-state index in [1.54, 1.807) is 17.7 Å². The van der Waals surface area contributed by atoms with Gasteiger partial charge < -0.3 is 20.1 Å². The number of thiocarbonyl (C=S) groups is 1. The van der Waals surface area contributed by atoms with E-state index in [4.69, 9.17) is 21.7 Å². The fourth-order valence-electron chi connectivity index (χ4n) is 3.06. The van der Waals surface area contributed by atoms with Crippen molar-refractivity contribution in [3.8, 4) is 21.9 Å². The number of para-hydroxylation sites is 1. The van der Waals surface area contributed by atoms with E-state index in [1.165, 1.54) is 0 Å². The molecule has 5 rings (SSSR count). The van der Waals surface area contributed by atoms with Crippen molar-refractivity contribution in [2.45, 2.75) is 0 Å². The van der Waals surface area contributed by atoms with Crippen LogP contribution >= 0.6 is 23.6 Å². The number of rotatable bonds is 5. The van der Waals surface area contributed by atoms with Gasteiger partial charge in [0.2, 0.25) is 6.79 Å². The summed E-state index contributed by atoms with van der Waals surface area (Å²) in [5.74, 6) is 2.31. The Morgan fingerprint density at radius 3 is 2.79 bits per heavy atom. The van der Waals surface area contributed by atoms with Crippen LogP contribution in [0.3, 0.4) is 0 Å². The highest BCUT2D eigenvalue weighted by molar-refractivity contribution is 7.80. The smallest absolute Gasteiger partial charge is 0.231 e. The minimum absolute atomic E-state index is 0.266. The quantitative estimate of drug-likeness (QED) is 0.443. The van der Waals surface area contributed by atoms with Gasteiger partial charge in [0.05, 0.1) is 21.7 Å². The van der Waals surface area contributed by atoms with Gasteiger partial charge in [0.15, 0.2) is 11.5 Å². The lowest BCUT2D eigenvalue weighted by Gasteiger charge is -2.09. The molecule has 8 heteroatoms. The first-order valence-corrected chi connectivity index (χ1v) is 10.2. The Balaban J connectivity index is 1.36. The lowest BCUT2D eigenvalue weighted by molar-refractivity contribution is 0.174. The average Bonchev–Trinajstić information content (AvgIpc) is 3.39. The van der Waals surface area contributed by atoms with E-state index in [2.05, 4.69) is 26.7 Å². The number of ether oxygens (including phenoxy) is 2. The van der Waals surface area contributed by atoms with Crippen LogP contribution in [0.15, 0.2) is 60.9 Å². The number of fused-ring (bicyclic) bond motifs is 2. The third kappa shape index (κ3) is 3.72. The summed E-state index contributed by atoms with van der Waals surface area (Å²) in [5, 5.41) is 6.54. The Morgan fingerprint density at radius 2 is 1.90 bits per heavy atom. The molecule has 4 aromatic rings. The molecule has 1 aliphatic rings. The molecular weight excluding hydrogens is 404 g/mol. The summed E-state index contributed by atoms with van der Waals surface area (Å²) in [6.45, 7) is 0.745. The van der Waals surface area contributed by atoms with Gasteiger partial charge in [-0.1, -0.05) is 30.4 Å². The summed E-state index contributed by atoms with van der Waals surface area (Å²) in [6.07, 6.45) is 1.56. The molecule has 0 saturated carbocycles. The lowest BCUT2D eigenvalue weighted by Crippen LogP contribution is -2.20. The molecule has 29 heavy (non-hydrogen) atoms. The van der Waals surface area contributed by atoms with Crippen LogP contribution in [0.4, 0.5) is 11.5 Å². The topological polar surface area (TPSA) is 68.3 Å². The van der Waals surface area contributed by atoms with Crippen LogP contribution in [0.25, 0.3) is 20.7 Å². The van der Waals surface area contributed by atoms with Gasteiger partial charge in [0.25, 0.3) is 0 Å².